The van der Waals surface area contributed by atoms with E-state index in [4.69, 9.17) is 4.74 Å². The van der Waals surface area contributed by atoms with Crippen molar-refractivity contribution in [1.29, 1.82) is 0 Å². The second-order valence-electron chi connectivity index (χ2n) is 4.02. The molecule has 0 saturated heterocycles. The van der Waals surface area contributed by atoms with Crippen LogP contribution in [-0.4, -0.2) is 9.78 Å². The second-order valence-corrected chi connectivity index (χ2v) is 5.18. The van der Waals surface area contributed by atoms with Crippen molar-refractivity contribution in [3.05, 3.63) is 45.3 Å². The van der Waals surface area contributed by atoms with Crippen LogP contribution in [0.4, 0.5) is 0 Å². The Morgan fingerprint density at radius 2 is 2.06 bits per heavy atom. The first kappa shape index (κ1) is 13.4. The number of aromatic nitrogens is 2. The average molecular weight is 356 g/mol. The molecule has 0 amide bonds. The van der Waals surface area contributed by atoms with E-state index in [0.29, 0.717) is 6.61 Å². The van der Waals surface area contributed by atoms with Gasteiger partial charge in [-0.3, -0.25) is 4.68 Å². The number of rotatable bonds is 5. The fraction of sp³-hybridized carbons (Fsp3) is 0.357. The summed E-state index contributed by atoms with van der Waals surface area (Å²) in [6, 6.07) is 10.2. The monoisotopic (exact) mass is 356 g/mol. The molecule has 0 aliphatic heterocycles. The molecule has 96 valence electrons. The van der Waals surface area contributed by atoms with Gasteiger partial charge in [0.05, 0.1) is 15.0 Å². The first-order chi connectivity index (χ1) is 8.74. The smallest absolute Gasteiger partial charge is 0.133 e. The second kappa shape index (κ2) is 6.22. The fourth-order valence-corrected chi connectivity index (χ4v) is 2.33. The minimum absolute atomic E-state index is 0.570. The molecule has 0 spiro atoms. The van der Waals surface area contributed by atoms with Gasteiger partial charge in [0.25, 0.3) is 0 Å². The van der Waals surface area contributed by atoms with Gasteiger partial charge in [0.1, 0.15) is 12.4 Å². The standard InChI is InChI=1S/C14H17IN2O/c1-3-11-9-12(17(4-2)16-11)10-18-14-8-6-5-7-13(14)15/h5-9H,3-4,10H2,1-2H3. The van der Waals surface area contributed by atoms with Crippen molar-refractivity contribution in [3.63, 3.8) is 0 Å². The van der Waals surface area contributed by atoms with Crippen LogP contribution < -0.4 is 4.74 Å². The van der Waals surface area contributed by atoms with Crippen molar-refractivity contribution in [2.75, 3.05) is 0 Å². The van der Waals surface area contributed by atoms with E-state index in [1.807, 2.05) is 28.9 Å². The molecule has 0 N–H and O–H groups in total. The van der Waals surface area contributed by atoms with Gasteiger partial charge < -0.3 is 4.74 Å². The summed E-state index contributed by atoms with van der Waals surface area (Å²) in [6.07, 6.45) is 0.961. The lowest BCUT2D eigenvalue weighted by molar-refractivity contribution is 0.290. The summed E-state index contributed by atoms with van der Waals surface area (Å²) in [5.74, 6) is 0.931. The predicted molar refractivity (Wildman–Crippen MR) is 80.8 cm³/mol. The van der Waals surface area contributed by atoms with Crippen LogP contribution >= 0.6 is 22.6 Å². The van der Waals surface area contributed by atoms with Crippen LogP contribution in [0.5, 0.6) is 5.75 Å². The van der Waals surface area contributed by atoms with Crippen molar-refractivity contribution in [2.45, 2.75) is 33.4 Å². The zero-order valence-corrected chi connectivity index (χ0v) is 12.8. The zero-order valence-electron chi connectivity index (χ0n) is 10.7. The minimum atomic E-state index is 0.570. The number of para-hydroxylation sites is 1. The lowest BCUT2D eigenvalue weighted by Crippen LogP contribution is -2.06. The maximum absolute atomic E-state index is 5.85. The summed E-state index contributed by atoms with van der Waals surface area (Å²) in [7, 11) is 0. The number of halogens is 1. The quantitative estimate of drug-likeness (QED) is 0.765. The van der Waals surface area contributed by atoms with Crippen LogP contribution in [0, 0.1) is 3.57 Å². The Labute approximate surface area is 121 Å². The molecule has 1 aromatic heterocycles. The Morgan fingerprint density at radius 1 is 1.28 bits per heavy atom. The van der Waals surface area contributed by atoms with Crippen LogP contribution in [-0.2, 0) is 19.6 Å². The van der Waals surface area contributed by atoms with Gasteiger partial charge in [-0.25, -0.2) is 0 Å². The maximum Gasteiger partial charge on any atom is 0.133 e. The van der Waals surface area contributed by atoms with E-state index in [2.05, 4.69) is 47.6 Å². The highest BCUT2D eigenvalue weighted by Crippen LogP contribution is 2.21. The van der Waals surface area contributed by atoms with E-state index < -0.39 is 0 Å². The first-order valence-corrected chi connectivity index (χ1v) is 7.25. The van der Waals surface area contributed by atoms with E-state index in [0.717, 1.165) is 33.7 Å². The molecule has 0 unspecified atom stereocenters. The Kier molecular flexibility index (Phi) is 4.63. The zero-order chi connectivity index (χ0) is 13.0. The number of hydrogen-bond donors (Lipinski definition) is 0. The fourth-order valence-electron chi connectivity index (χ4n) is 1.79. The van der Waals surface area contributed by atoms with Gasteiger partial charge in [0.15, 0.2) is 0 Å². The summed E-state index contributed by atoms with van der Waals surface area (Å²) < 4.78 is 9.00. The Bertz CT molecular complexity index is 522. The third kappa shape index (κ3) is 3.04. The third-order valence-electron chi connectivity index (χ3n) is 2.79. The first-order valence-electron chi connectivity index (χ1n) is 6.17. The number of nitrogens with zero attached hydrogens (tertiary/aromatic N) is 2. The Hall–Kier alpha value is -1.04. The van der Waals surface area contributed by atoms with Gasteiger partial charge in [0.2, 0.25) is 0 Å². The molecule has 1 aromatic carbocycles. The molecule has 4 heteroatoms. The van der Waals surface area contributed by atoms with E-state index in [1.165, 1.54) is 0 Å². The van der Waals surface area contributed by atoms with Gasteiger partial charge in [-0.05, 0) is 54.1 Å². The molecule has 0 aliphatic rings. The molecule has 0 fully saturated rings. The highest BCUT2D eigenvalue weighted by Gasteiger charge is 2.07. The number of ether oxygens (including phenoxy) is 1. The molecule has 3 nitrogen and oxygen atoms in total. The van der Waals surface area contributed by atoms with Gasteiger partial charge in [0, 0.05) is 6.54 Å². The Balaban J connectivity index is 2.10. The van der Waals surface area contributed by atoms with E-state index in [-0.39, 0.29) is 0 Å². The number of hydrogen-bond acceptors (Lipinski definition) is 2. The highest BCUT2D eigenvalue weighted by molar-refractivity contribution is 14.1. The average Bonchev–Trinajstić information content (AvgIpc) is 2.80. The molecule has 0 bridgehead atoms. The van der Waals surface area contributed by atoms with E-state index >= 15 is 0 Å². The normalized spacial score (nSPS) is 10.6. The Morgan fingerprint density at radius 3 is 2.72 bits per heavy atom. The van der Waals surface area contributed by atoms with Crippen LogP contribution in [0.15, 0.2) is 30.3 Å². The molecule has 18 heavy (non-hydrogen) atoms. The molecule has 0 atom stereocenters. The van der Waals surface area contributed by atoms with E-state index in [1.54, 1.807) is 0 Å². The molecule has 1 heterocycles. The summed E-state index contributed by atoms with van der Waals surface area (Å²) in [5, 5.41) is 4.52. The van der Waals surface area contributed by atoms with E-state index in [9.17, 15) is 0 Å². The highest BCUT2D eigenvalue weighted by atomic mass is 127. The number of benzene rings is 1. The summed E-state index contributed by atoms with van der Waals surface area (Å²) >= 11 is 2.29. The minimum Gasteiger partial charge on any atom is -0.486 e. The van der Waals surface area contributed by atoms with Gasteiger partial charge in [-0.2, -0.15) is 5.10 Å². The largest absolute Gasteiger partial charge is 0.486 e. The topological polar surface area (TPSA) is 27.1 Å². The van der Waals surface area contributed by atoms with Crippen LogP contribution in [0.3, 0.4) is 0 Å². The van der Waals surface area contributed by atoms with Crippen molar-refractivity contribution in [2.24, 2.45) is 0 Å². The number of aryl methyl sites for hydroxylation is 2. The molecule has 0 radical (unpaired) electrons. The molecule has 2 rings (SSSR count). The van der Waals surface area contributed by atoms with Crippen molar-refractivity contribution in [1.82, 2.24) is 9.78 Å². The molecule has 0 saturated carbocycles. The lowest BCUT2D eigenvalue weighted by atomic mass is 10.3. The van der Waals surface area contributed by atoms with Crippen LogP contribution in [0.25, 0.3) is 0 Å². The molecule has 2 aromatic rings. The van der Waals surface area contributed by atoms with Gasteiger partial charge in [-0.1, -0.05) is 19.1 Å². The summed E-state index contributed by atoms with van der Waals surface area (Å²) in [6.45, 7) is 5.67. The maximum atomic E-state index is 5.85. The molecular weight excluding hydrogens is 339 g/mol. The SMILES string of the molecule is CCc1cc(COc2ccccc2I)n(CC)n1. The molecule has 0 aliphatic carbocycles. The lowest BCUT2D eigenvalue weighted by Gasteiger charge is -2.08. The van der Waals surface area contributed by atoms with Crippen molar-refractivity contribution < 1.29 is 4.74 Å². The third-order valence-corrected chi connectivity index (χ3v) is 3.68. The van der Waals surface area contributed by atoms with Crippen molar-refractivity contribution in [3.8, 4) is 5.75 Å². The summed E-state index contributed by atoms with van der Waals surface area (Å²) in [5.41, 5.74) is 2.26. The van der Waals surface area contributed by atoms with Crippen LogP contribution in [0.2, 0.25) is 0 Å². The van der Waals surface area contributed by atoms with Gasteiger partial charge >= 0.3 is 0 Å². The van der Waals surface area contributed by atoms with Crippen LogP contribution in [0.1, 0.15) is 25.2 Å². The van der Waals surface area contributed by atoms with Gasteiger partial charge in [-0.15, -0.1) is 0 Å². The molecular formula is C14H17IN2O. The predicted octanol–water partition coefficient (Wildman–Crippen LogP) is 3.65. The summed E-state index contributed by atoms with van der Waals surface area (Å²) in [4.78, 5) is 0. The van der Waals surface area contributed by atoms with Crippen molar-refractivity contribution >= 4 is 22.6 Å².